The minimum absolute atomic E-state index is 0.0304. The molecule has 6 nitrogen and oxygen atoms in total. The Morgan fingerprint density at radius 3 is 2.25 bits per heavy atom. The van der Waals surface area contributed by atoms with Crippen LogP contribution in [-0.2, 0) is 14.4 Å². The summed E-state index contributed by atoms with van der Waals surface area (Å²) in [5.74, 6) is -1.36. The zero-order valence-corrected chi connectivity index (χ0v) is 11.2. The lowest BCUT2D eigenvalue weighted by Crippen LogP contribution is -2.32. The number of hydrogen-bond acceptors (Lipinski definition) is 4. The van der Waals surface area contributed by atoms with Gasteiger partial charge in [0.15, 0.2) is 0 Å². The van der Waals surface area contributed by atoms with E-state index >= 15 is 0 Å². The molecular weight excluding hydrogens is 258 g/mol. The van der Waals surface area contributed by atoms with Crippen molar-refractivity contribution >= 4 is 23.3 Å². The molecule has 0 aliphatic carbocycles. The summed E-state index contributed by atoms with van der Waals surface area (Å²) in [5.41, 5.74) is 6.25. The van der Waals surface area contributed by atoms with E-state index in [0.717, 1.165) is 6.20 Å². The molecule has 0 radical (unpaired) electrons. The van der Waals surface area contributed by atoms with E-state index in [4.69, 9.17) is 5.73 Å². The number of nitrogens with two attached hydrogens (primary N) is 1. The fourth-order valence-electron chi connectivity index (χ4n) is 1.53. The van der Waals surface area contributed by atoms with Crippen LogP contribution in [0.5, 0.6) is 0 Å². The summed E-state index contributed by atoms with van der Waals surface area (Å²) in [6.07, 6.45) is 1.12. The van der Waals surface area contributed by atoms with Crippen LogP contribution in [0.15, 0.2) is 36.5 Å². The predicted octanol–water partition coefficient (Wildman–Crippen LogP) is 0.155. The Kier molecular flexibility index (Phi) is 5.96. The standard InChI is InChI=1S/C14H17N3O3/c1-16-12(18)7-8-13(19)17-14(20)11(9-15)10-5-3-2-4-6-10/h2-6,9H,7-8,15H2,1H3,(H,16,18)(H,17,19,20). The fourth-order valence-corrected chi connectivity index (χ4v) is 1.53. The molecule has 0 atom stereocenters. The highest BCUT2D eigenvalue weighted by Crippen LogP contribution is 2.12. The quantitative estimate of drug-likeness (QED) is 0.666. The monoisotopic (exact) mass is 275 g/mol. The molecule has 0 aliphatic rings. The van der Waals surface area contributed by atoms with Crippen LogP contribution in [0, 0.1) is 0 Å². The highest BCUT2D eigenvalue weighted by Gasteiger charge is 2.15. The molecule has 20 heavy (non-hydrogen) atoms. The Morgan fingerprint density at radius 1 is 1.10 bits per heavy atom. The van der Waals surface area contributed by atoms with Crippen molar-refractivity contribution < 1.29 is 14.4 Å². The predicted molar refractivity (Wildman–Crippen MR) is 75.1 cm³/mol. The Labute approximate surface area is 117 Å². The van der Waals surface area contributed by atoms with Crippen molar-refractivity contribution in [3.05, 3.63) is 42.1 Å². The summed E-state index contributed by atoms with van der Waals surface area (Å²) in [6, 6.07) is 8.77. The van der Waals surface area contributed by atoms with E-state index in [1.54, 1.807) is 24.3 Å². The highest BCUT2D eigenvalue weighted by molar-refractivity contribution is 6.23. The molecule has 0 spiro atoms. The lowest BCUT2D eigenvalue weighted by molar-refractivity contribution is -0.130. The molecule has 0 unspecified atom stereocenters. The number of carbonyl (C=O) groups is 3. The van der Waals surface area contributed by atoms with Crippen molar-refractivity contribution in [3.8, 4) is 0 Å². The summed E-state index contributed by atoms with van der Waals surface area (Å²) in [7, 11) is 1.48. The molecule has 0 saturated carbocycles. The maximum atomic E-state index is 11.9. The molecule has 106 valence electrons. The second kappa shape index (κ2) is 7.73. The molecule has 3 amide bonds. The molecule has 1 aromatic carbocycles. The van der Waals surface area contributed by atoms with Gasteiger partial charge in [0.05, 0.1) is 5.57 Å². The average Bonchev–Trinajstić information content (AvgIpc) is 2.46. The first-order valence-electron chi connectivity index (χ1n) is 6.10. The largest absolute Gasteiger partial charge is 0.404 e. The van der Waals surface area contributed by atoms with E-state index in [1.807, 2.05) is 6.07 Å². The van der Waals surface area contributed by atoms with Crippen molar-refractivity contribution in [1.82, 2.24) is 10.6 Å². The van der Waals surface area contributed by atoms with Crippen LogP contribution in [0.2, 0.25) is 0 Å². The van der Waals surface area contributed by atoms with Crippen LogP contribution in [0.1, 0.15) is 18.4 Å². The number of rotatable bonds is 5. The lowest BCUT2D eigenvalue weighted by atomic mass is 10.1. The van der Waals surface area contributed by atoms with Crippen LogP contribution < -0.4 is 16.4 Å². The maximum absolute atomic E-state index is 11.9. The van der Waals surface area contributed by atoms with Gasteiger partial charge in [-0.15, -0.1) is 0 Å². The van der Waals surface area contributed by atoms with Gasteiger partial charge in [0, 0.05) is 26.1 Å². The Balaban J connectivity index is 2.61. The first-order chi connectivity index (χ1) is 9.58. The molecule has 0 fully saturated rings. The second-order valence-corrected chi connectivity index (χ2v) is 4.00. The van der Waals surface area contributed by atoms with E-state index in [0.29, 0.717) is 5.56 Å². The molecule has 0 heterocycles. The highest BCUT2D eigenvalue weighted by atomic mass is 16.2. The topological polar surface area (TPSA) is 101 Å². The minimum Gasteiger partial charge on any atom is -0.404 e. The van der Waals surface area contributed by atoms with Crippen LogP contribution >= 0.6 is 0 Å². The first-order valence-corrected chi connectivity index (χ1v) is 6.10. The summed E-state index contributed by atoms with van der Waals surface area (Å²) < 4.78 is 0. The van der Waals surface area contributed by atoms with E-state index in [9.17, 15) is 14.4 Å². The molecule has 6 heteroatoms. The summed E-state index contributed by atoms with van der Waals surface area (Å²) in [6.45, 7) is 0. The Morgan fingerprint density at radius 2 is 1.70 bits per heavy atom. The minimum atomic E-state index is -0.583. The number of nitrogens with one attached hydrogen (secondary N) is 2. The molecule has 0 aromatic heterocycles. The van der Waals surface area contributed by atoms with Gasteiger partial charge in [-0.25, -0.2) is 0 Å². The average molecular weight is 275 g/mol. The third-order valence-corrected chi connectivity index (χ3v) is 2.61. The second-order valence-electron chi connectivity index (χ2n) is 4.00. The lowest BCUT2D eigenvalue weighted by Gasteiger charge is -2.07. The number of carbonyl (C=O) groups excluding carboxylic acids is 3. The van der Waals surface area contributed by atoms with Crippen molar-refractivity contribution in [2.45, 2.75) is 12.8 Å². The molecule has 0 saturated heterocycles. The van der Waals surface area contributed by atoms with E-state index in [-0.39, 0.29) is 24.3 Å². The molecule has 1 rings (SSSR count). The van der Waals surface area contributed by atoms with E-state index in [1.165, 1.54) is 7.05 Å². The van der Waals surface area contributed by atoms with Gasteiger partial charge in [-0.05, 0) is 5.56 Å². The fraction of sp³-hybridized carbons (Fsp3) is 0.214. The maximum Gasteiger partial charge on any atom is 0.259 e. The van der Waals surface area contributed by atoms with Gasteiger partial charge in [-0.2, -0.15) is 0 Å². The van der Waals surface area contributed by atoms with Gasteiger partial charge in [0.1, 0.15) is 0 Å². The third kappa shape index (κ3) is 4.56. The van der Waals surface area contributed by atoms with Crippen molar-refractivity contribution in [1.29, 1.82) is 0 Å². The first kappa shape index (κ1) is 15.4. The smallest absolute Gasteiger partial charge is 0.259 e. The van der Waals surface area contributed by atoms with Gasteiger partial charge in [-0.3, -0.25) is 19.7 Å². The Bertz CT molecular complexity index is 524. The Hall–Kier alpha value is -2.63. The van der Waals surface area contributed by atoms with E-state index in [2.05, 4.69) is 10.6 Å². The summed E-state index contributed by atoms with van der Waals surface area (Å²) in [4.78, 5) is 34.5. The van der Waals surface area contributed by atoms with Crippen molar-refractivity contribution in [2.24, 2.45) is 5.73 Å². The van der Waals surface area contributed by atoms with E-state index < -0.39 is 11.8 Å². The zero-order chi connectivity index (χ0) is 15.0. The van der Waals surface area contributed by atoms with Crippen LogP contribution in [0.4, 0.5) is 0 Å². The van der Waals surface area contributed by atoms with Crippen molar-refractivity contribution in [2.75, 3.05) is 7.05 Å². The third-order valence-electron chi connectivity index (χ3n) is 2.61. The molecule has 0 aliphatic heterocycles. The van der Waals surface area contributed by atoms with Gasteiger partial charge < -0.3 is 11.1 Å². The normalized spacial score (nSPS) is 10.8. The molecule has 0 bridgehead atoms. The van der Waals surface area contributed by atoms with Crippen molar-refractivity contribution in [3.63, 3.8) is 0 Å². The van der Waals surface area contributed by atoms with Gasteiger partial charge >= 0.3 is 0 Å². The van der Waals surface area contributed by atoms with Gasteiger partial charge in [0.2, 0.25) is 11.8 Å². The molecule has 4 N–H and O–H groups in total. The zero-order valence-electron chi connectivity index (χ0n) is 11.2. The number of imide groups is 1. The number of hydrogen-bond donors (Lipinski definition) is 3. The summed E-state index contributed by atoms with van der Waals surface area (Å²) in [5, 5.41) is 4.60. The van der Waals surface area contributed by atoms with Gasteiger partial charge in [0.25, 0.3) is 5.91 Å². The van der Waals surface area contributed by atoms with Crippen LogP contribution in [0.3, 0.4) is 0 Å². The molecule has 1 aromatic rings. The number of benzene rings is 1. The van der Waals surface area contributed by atoms with Crippen LogP contribution in [-0.4, -0.2) is 24.8 Å². The van der Waals surface area contributed by atoms with Crippen LogP contribution in [0.25, 0.3) is 5.57 Å². The SMILES string of the molecule is CNC(=O)CCC(=O)NC(=O)C(=CN)c1ccccc1. The molecular formula is C14H17N3O3. The summed E-state index contributed by atoms with van der Waals surface area (Å²) >= 11 is 0. The van der Waals surface area contributed by atoms with Gasteiger partial charge in [-0.1, -0.05) is 30.3 Å². The number of amides is 3.